The number of para-hydroxylation sites is 1. The summed E-state index contributed by atoms with van der Waals surface area (Å²) in [5, 5.41) is 0.851. The minimum Gasteiger partial charge on any atom is -0.281 e. The molecule has 0 unspecified atom stereocenters. The van der Waals surface area contributed by atoms with E-state index < -0.39 is 0 Å². The zero-order valence-corrected chi connectivity index (χ0v) is 11.5. The fourth-order valence-electron chi connectivity index (χ4n) is 2.08. The standard InChI is InChI=1S/C16H14N4O/c1-11-5-4-6-12(9-11)16(21)20-19-15-13-7-2-3-8-14(13)17-10-18-15/h2-10H,1H3,(H,20,21)(H,17,18,19). The van der Waals surface area contributed by atoms with Gasteiger partial charge in [-0.05, 0) is 31.2 Å². The largest absolute Gasteiger partial charge is 0.281 e. The minimum absolute atomic E-state index is 0.207. The van der Waals surface area contributed by atoms with Crippen LogP contribution in [0.1, 0.15) is 15.9 Å². The summed E-state index contributed by atoms with van der Waals surface area (Å²) in [5.74, 6) is 0.364. The molecule has 0 bridgehead atoms. The maximum atomic E-state index is 12.1. The molecule has 21 heavy (non-hydrogen) atoms. The van der Waals surface area contributed by atoms with Gasteiger partial charge in [-0.25, -0.2) is 9.97 Å². The van der Waals surface area contributed by atoms with Crippen LogP contribution < -0.4 is 10.9 Å². The van der Waals surface area contributed by atoms with E-state index >= 15 is 0 Å². The van der Waals surface area contributed by atoms with Crippen molar-refractivity contribution in [1.29, 1.82) is 0 Å². The van der Waals surface area contributed by atoms with Crippen LogP contribution in [0.5, 0.6) is 0 Å². The molecule has 104 valence electrons. The van der Waals surface area contributed by atoms with Gasteiger partial charge in [0, 0.05) is 10.9 Å². The Balaban J connectivity index is 1.79. The second-order valence-electron chi connectivity index (χ2n) is 4.69. The highest BCUT2D eigenvalue weighted by atomic mass is 16.2. The summed E-state index contributed by atoms with van der Waals surface area (Å²) in [4.78, 5) is 20.4. The fraction of sp³-hybridized carbons (Fsp3) is 0.0625. The van der Waals surface area contributed by atoms with Crippen molar-refractivity contribution in [2.75, 3.05) is 5.43 Å². The number of hydrogen-bond acceptors (Lipinski definition) is 4. The minimum atomic E-state index is -0.207. The predicted octanol–water partition coefficient (Wildman–Crippen LogP) is 2.70. The molecule has 0 saturated carbocycles. The third-order valence-corrected chi connectivity index (χ3v) is 3.12. The molecule has 2 N–H and O–H groups in total. The Bertz CT molecular complexity index is 796. The molecule has 0 aliphatic heterocycles. The van der Waals surface area contributed by atoms with Crippen LogP contribution in [0, 0.1) is 6.92 Å². The van der Waals surface area contributed by atoms with Gasteiger partial charge in [-0.2, -0.15) is 0 Å². The molecular weight excluding hydrogens is 264 g/mol. The van der Waals surface area contributed by atoms with Crippen molar-refractivity contribution < 1.29 is 4.79 Å². The zero-order chi connectivity index (χ0) is 14.7. The highest BCUT2D eigenvalue weighted by Crippen LogP contribution is 2.17. The first-order valence-corrected chi connectivity index (χ1v) is 6.57. The Morgan fingerprint density at radius 1 is 1.05 bits per heavy atom. The first-order chi connectivity index (χ1) is 10.2. The van der Waals surface area contributed by atoms with Gasteiger partial charge in [-0.1, -0.05) is 29.8 Å². The molecule has 0 aliphatic carbocycles. The van der Waals surface area contributed by atoms with Crippen molar-refractivity contribution in [3.63, 3.8) is 0 Å². The lowest BCUT2D eigenvalue weighted by Crippen LogP contribution is -2.30. The van der Waals surface area contributed by atoms with E-state index in [1.165, 1.54) is 6.33 Å². The van der Waals surface area contributed by atoms with Crippen LogP contribution in [0.4, 0.5) is 5.82 Å². The average molecular weight is 278 g/mol. The normalized spacial score (nSPS) is 10.3. The summed E-state index contributed by atoms with van der Waals surface area (Å²) in [6, 6.07) is 15.0. The van der Waals surface area contributed by atoms with E-state index in [2.05, 4.69) is 20.8 Å². The number of nitrogens with one attached hydrogen (secondary N) is 2. The number of aryl methyl sites for hydroxylation is 1. The second kappa shape index (κ2) is 5.58. The molecule has 0 saturated heterocycles. The molecule has 1 amide bonds. The molecule has 1 aromatic heterocycles. The Hall–Kier alpha value is -2.95. The molecule has 0 atom stereocenters. The van der Waals surface area contributed by atoms with E-state index in [1.807, 2.05) is 49.4 Å². The van der Waals surface area contributed by atoms with Gasteiger partial charge < -0.3 is 0 Å². The number of aromatic nitrogens is 2. The summed E-state index contributed by atoms with van der Waals surface area (Å²) < 4.78 is 0. The van der Waals surface area contributed by atoms with Gasteiger partial charge in [0.05, 0.1) is 5.52 Å². The molecular formula is C16H14N4O. The Morgan fingerprint density at radius 2 is 1.90 bits per heavy atom. The van der Waals surface area contributed by atoms with Gasteiger partial charge in [0.1, 0.15) is 6.33 Å². The maximum Gasteiger partial charge on any atom is 0.269 e. The summed E-state index contributed by atoms with van der Waals surface area (Å²) in [6.07, 6.45) is 1.46. The summed E-state index contributed by atoms with van der Waals surface area (Å²) in [5.41, 5.74) is 7.96. The molecule has 0 fully saturated rings. The average Bonchev–Trinajstić information content (AvgIpc) is 2.52. The van der Waals surface area contributed by atoms with Crippen molar-refractivity contribution in [2.45, 2.75) is 6.92 Å². The van der Waals surface area contributed by atoms with Crippen LogP contribution in [0.25, 0.3) is 10.9 Å². The Kier molecular flexibility index (Phi) is 3.47. The van der Waals surface area contributed by atoms with E-state index in [-0.39, 0.29) is 5.91 Å². The van der Waals surface area contributed by atoms with Gasteiger partial charge in [0.2, 0.25) is 0 Å². The van der Waals surface area contributed by atoms with Crippen molar-refractivity contribution in [3.05, 3.63) is 66.0 Å². The topological polar surface area (TPSA) is 66.9 Å². The number of carbonyl (C=O) groups excluding carboxylic acids is 1. The van der Waals surface area contributed by atoms with Gasteiger partial charge >= 0.3 is 0 Å². The molecule has 2 aromatic carbocycles. The van der Waals surface area contributed by atoms with Gasteiger partial charge in [-0.3, -0.25) is 15.6 Å². The van der Waals surface area contributed by atoms with Crippen LogP contribution >= 0.6 is 0 Å². The number of amides is 1. The van der Waals surface area contributed by atoms with Crippen LogP contribution in [0.3, 0.4) is 0 Å². The van der Waals surface area contributed by atoms with Crippen LogP contribution in [-0.2, 0) is 0 Å². The van der Waals surface area contributed by atoms with Crippen LogP contribution in [0.15, 0.2) is 54.9 Å². The van der Waals surface area contributed by atoms with Crippen LogP contribution in [0.2, 0.25) is 0 Å². The first-order valence-electron chi connectivity index (χ1n) is 6.57. The van der Waals surface area contributed by atoms with E-state index in [0.717, 1.165) is 16.5 Å². The zero-order valence-electron chi connectivity index (χ0n) is 11.5. The third-order valence-electron chi connectivity index (χ3n) is 3.12. The highest BCUT2D eigenvalue weighted by Gasteiger charge is 2.07. The van der Waals surface area contributed by atoms with Gasteiger partial charge in [-0.15, -0.1) is 0 Å². The van der Waals surface area contributed by atoms with E-state index in [4.69, 9.17) is 0 Å². The number of carbonyl (C=O) groups is 1. The molecule has 1 heterocycles. The van der Waals surface area contributed by atoms with Crippen LogP contribution in [-0.4, -0.2) is 15.9 Å². The van der Waals surface area contributed by atoms with E-state index in [9.17, 15) is 4.79 Å². The monoisotopic (exact) mass is 278 g/mol. The maximum absolute atomic E-state index is 12.1. The quantitative estimate of drug-likeness (QED) is 0.723. The number of fused-ring (bicyclic) bond motifs is 1. The lowest BCUT2D eigenvalue weighted by atomic mass is 10.1. The number of rotatable bonds is 3. The number of hydrogen-bond donors (Lipinski definition) is 2. The number of nitrogens with zero attached hydrogens (tertiary/aromatic N) is 2. The summed E-state index contributed by atoms with van der Waals surface area (Å²) in [6.45, 7) is 1.95. The van der Waals surface area contributed by atoms with Crippen molar-refractivity contribution in [2.24, 2.45) is 0 Å². The molecule has 5 heteroatoms. The predicted molar refractivity (Wildman–Crippen MR) is 81.8 cm³/mol. The lowest BCUT2D eigenvalue weighted by Gasteiger charge is -2.10. The molecule has 3 aromatic rings. The number of benzene rings is 2. The van der Waals surface area contributed by atoms with Crippen molar-refractivity contribution >= 4 is 22.6 Å². The molecule has 0 aliphatic rings. The third kappa shape index (κ3) is 2.81. The first kappa shape index (κ1) is 13.1. The van der Waals surface area contributed by atoms with Gasteiger partial charge in [0.25, 0.3) is 5.91 Å². The Morgan fingerprint density at radius 3 is 2.76 bits per heavy atom. The smallest absolute Gasteiger partial charge is 0.269 e. The molecule has 0 spiro atoms. The van der Waals surface area contributed by atoms with Crippen molar-refractivity contribution in [3.8, 4) is 0 Å². The molecule has 0 radical (unpaired) electrons. The molecule has 3 rings (SSSR count). The fourth-order valence-corrected chi connectivity index (χ4v) is 2.08. The SMILES string of the molecule is Cc1cccc(C(=O)NNc2ncnc3ccccc23)c1. The number of anilines is 1. The summed E-state index contributed by atoms with van der Waals surface area (Å²) >= 11 is 0. The Labute approximate surface area is 122 Å². The van der Waals surface area contributed by atoms with Gasteiger partial charge in [0.15, 0.2) is 5.82 Å². The van der Waals surface area contributed by atoms with Crippen molar-refractivity contribution in [1.82, 2.24) is 15.4 Å². The molecule has 5 nitrogen and oxygen atoms in total. The van der Waals surface area contributed by atoms with E-state index in [1.54, 1.807) is 6.07 Å². The summed E-state index contributed by atoms with van der Waals surface area (Å²) in [7, 11) is 0. The van der Waals surface area contributed by atoms with E-state index in [0.29, 0.717) is 11.4 Å². The second-order valence-corrected chi connectivity index (χ2v) is 4.69. The lowest BCUT2D eigenvalue weighted by molar-refractivity contribution is 0.0962. The highest BCUT2D eigenvalue weighted by molar-refractivity contribution is 5.96. The number of hydrazine groups is 1.